The average Bonchev–Trinajstić information content (AvgIpc) is 2.45. The lowest BCUT2D eigenvalue weighted by Crippen LogP contribution is -2.51. The van der Waals surface area contributed by atoms with Gasteiger partial charge in [-0.25, -0.2) is 17.2 Å². The lowest BCUT2D eigenvalue weighted by Gasteiger charge is -2.35. The zero-order valence-electron chi connectivity index (χ0n) is 13.1. The number of sulfonamides is 1. The first kappa shape index (κ1) is 17.8. The molecule has 1 fully saturated rings. The van der Waals surface area contributed by atoms with Crippen molar-refractivity contribution in [2.75, 3.05) is 6.54 Å². The van der Waals surface area contributed by atoms with Crippen LogP contribution in [-0.4, -0.2) is 37.9 Å². The van der Waals surface area contributed by atoms with Crippen molar-refractivity contribution < 1.29 is 22.0 Å². The second-order valence-electron chi connectivity index (χ2n) is 5.82. The summed E-state index contributed by atoms with van der Waals surface area (Å²) < 4.78 is 53.0. The minimum Gasteiger partial charge on any atom is -0.339 e. The fourth-order valence-corrected chi connectivity index (χ4v) is 3.95. The molecule has 0 saturated carbocycles. The van der Waals surface area contributed by atoms with E-state index in [0.717, 1.165) is 19.3 Å². The monoisotopic (exact) mass is 346 g/mol. The van der Waals surface area contributed by atoms with Gasteiger partial charge in [0, 0.05) is 18.7 Å². The van der Waals surface area contributed by atoms with Gasteiger partial charge in [0.1, 0.15) is 11.6 Å². The van der Waals surface area contributed by atoms with E-state index in [2.05, 4.69) is 4.72 Å². The van der Waals surface area contributed by atoms with Gasteiger partial charge in [-0.2, -0.15) is 4.72 Å². The molecule has 1 N–H and O–H groups in total. The summed E-state index contributed by atoms with van der Waals surface area (Å²) in [4.78, 5) is 13.5. The Morgan fingerprint density at radius 3 is 2.43 bits per heavy atom. The first-order chi connectivity index (χ1) is 10.7. The maximum Gasteiger partial charge on any atom is 0.241 e. The van der Waals surface area contributed by atoms with Crippen molar-refractivity contribution in [3.63, 3.8) is 0 Å². The molecule has 8 heteroatoms. The number of nitrogens with one attached hydrogen (secondary N) is 1. The molecule has 0 spiro atoms. The van der Waals surface area contributed by atoms with Gasteiger partial charge >= 0.3 is 0 Å². The zero-order chi connectivity index (χ0) is 17.2. The van der Waals surface area contributed by atoms with Crippen molar-refractivity contribution in [2.24, 2.45) is 0 Å². The summed E-state index contributed by atoms with van der Waals surface area (Å²) in [6.07, 6.45) is 2.79. The SMILES string of the molecule is C[C@H](NS(=O)(=O)c1cc(F)cc(F)c1)C(=O)N1CCCC[C@H]1C. The van der Waals surface area contributed by atoms with Crippen LogP contribution in [-0.2, 0) is 14.8 Å². The minimum atomic E-state index is -4.18. The Labute approximate surface area is 134 Å². The molecule has 1 aromatic carbocycles. The third-order valence-corrected chi connectivity index (χ3v) is 5.45. The summed E-state index contributed by atoms with van der Waals surface area (Å²) in [6, 6.07) is 1.06. The van der Waals surface area contributed by atoms with Crippen LogP contribution in [0.25, 0.3) is 0 Å². The van der Waals surface area contributed by atoms with Crippen molar-refractivity contribution in [1.82, 2.24) is 9.62 Å². The van der Waals surface area contributed by atoms with E-state index in [1.54, 1.807) is 4.90 Å². The molecule has 2 rings (SSSR count). The quantitative estimate of drug-likeness (QED) is 0.907. The molecule has 5 nitrogen and oxygen atoms in total. The second kappa shape index (κ2) is 6.92. The molecule has 1 aliphatic rings. The molecule has 0 bridgehead atoms. The number of hydrogen-bond donors (Lipinski definition) is 1. The van der Waals surface area contributed by atoms with Crippen LogP contribution in [0, 0.1) is 11.6 Å². The van der Waals surface area contributed by atoms with Gasteiger partial charge in [-0.05, 0) is 45.2 Å². The number of hydrogen-bond acceptors (Lipinski definition) is 3. The summed E-state index contributed by atoms with van der Waals surface area (Å²) in [5.74, 6) is -2.32. The first-order valence-electron chi connectivity index (χ1n) is 7.49. The van der Waals surface area contributed by atoms with Crippen LogP contribution >= 0.6 is 0 Å². The van der Waals surface area contributed by atoms with Gasteiger partial charge in [-0.3, -0.25) is 4.79 Å². The van der Waals surface area contributed by atoms with E-state index in [9.17, 15) is 22.0 Å². The lowest BCUT2D eigenvalue weighted by atomic mass is 10.0. The summed E-state index contributed by atoms with van der Waals surface area (Å²) in [5.41, 5.74) is 0. The molecule has 1 saturated heterocycles. The number of nitrogens with zero attached hydrogens (tertiary/aromatic N) is 1. The molecule has 1 aromatic rings. The van der Waals surface area contributed by atoms with Crippen LogP contribution in [0.1, 0.15) is 33.1 Å². The number of likely N-dealkylation sites (tertiary alicyclic amines) is 1. The number of amides is 1. The third kappa shape index (κ3) is 4.26. The molecule has 1 amide bonds. The van der Waals surface area contributed by atoms with Crippen molar-refractivity contribution in [3.05, 3.63) is 29.8 Å². The third-order valence-electron chi connectivity index (χ3n) is 3.93. The highest BCUT2D eigenvalue weighted by molar-refractivity contribution is 7.89. The highest BCUT2D eigenvalue weighted by Crippen LogP contribution is 2.18. The van der Waals surface area contributed by atoms with Crippen molar-refractivity contribution >= 4 is 15.9 Å². The summed E-state index contributed by atoms with van der Waals surface area (Å²) in [6.45, 7) is 3.93. The van der Waals surface area contributed by atoms with Crippen molar-refractivity contribution in [2.45, 2.75) is 50.1 Å². The predicted octanol–water partition coefficient (Wildman–Crippen LogP) is 2.03. The van der Waals surface area contributed by atoms with Crippen LogP contribution in [0.15, 0.2) is 23.1 Å². The molecule has 23 heavy (non-hydrogen) atoms. The molecule has 0 unspecified atom stereocenters. The van der Waals surface area contributed by atoms with E-state index in [1.165, 1.54) is 6.92 Å². The molecular weight excluding hydrogens is 326 g/mol. The molecule has 1 aliphatic heterocycles. The minimum absolute atomic E-state index is 0.0508. The van der Waals surface area contributed by atoms with E-state index in [1.807, 2.05) is 6.92 Å². The fraction of sp³-hybridized carbons (Fsp3) is 0.533. The Balaban J connectivity index is 2.14. The highest BCUT2D eigenvalue weighted by atomic mass is 32.2. The Bertz CT molecular complexity index is 674. The maximum absolute atomic E-state index is 13.2. The number of rotatable bonds is 4. The van der Waals surface area contributed by atoms with Gasteiger partial charge in [-0.15, -0.1) is 0 Å². The topological polar surface area (TPSA) is 66.5 Å². The van der Waals surface area contributed by atoms with E-state index < -0.39 is 32.6 Å². The van der Waals surface area contributed by atoms with Gasteiger partial charge in [0.2, 0.25) is 15.9 Å². The molecular formula is C15H20F2N2O3S. The highest BCUT2D eigenvalue weighted by Gasteiger charge is 2.30. The summed E-state index contributed by atoms with van der Waals surface area (Å²) >= 11 is 0. The Hall–Kier alpha value is -1.54. The smallest absolute Gasteiger partial charge is 0.241 e. The Morgan fingerprint density at radius 1 is 1.26 bits per heavy atom. The van der Waals surface area contributed by atoms with Gasteiger partial charge in [0.25, 0.3) is 0 Å². The predicted molar refractivity (Wildman–Crippen MR) is 81.2 cm³/mol. The number of carbonyl (C=O) groups excluding carboxylic acids is 1. The molecule has 0 aromatic heterocycles. The van der Waals surface area contributed by atoms with Gasteiger partial charge in [0.15, 0.2) is 0 Å². The number of piperidine rings is 1. The number of benzene rings is 1. The summed E-state index contributed by atoms with van der Waals surface area (Å²) in [7, 11) is -4.18. The normalized spacial score (nSPS) is 20.3. The standard InChI is InChI=1S/C15H20F2N2O3S/c1-10-5-3-4-6-19(10)15(20)11(2)18-23(21,22)14-8-12(16)7-13(17)9-14/h7-11,18H,3-6H2,1-2H3/t10-,11+/m1/s1. The van der Waals surface area contributed by atoms with Crippen molar-refractivity contribution in [3.8, 4) is 0 Å². The van der Waals surface area contributed by atoms with Crippen LogP contribution in [0.4, 0.5) is 8.78 Å². The first-order valence-corrected chi connectivity index (χ1v) is 8.98. The lowest BCUT2D eigenvalue weighted by molar-refractivity contribution is -0.135. The number of halogens is 2. The van der Waals surface area contributed by atoms with E-state index >= 15 is 0 Å². The molecule has 128 valence electrons. The number of carbonyl (C=O) groups is 1. The fourth-order valence-electron chi connectivity index (χ4n) is 2.71. The van der Waals surface area contributed by atoms with Crippen LogP contribution < -0.4 is 4.72 Å². The average molecular weight is 346 g/mol. The second-order valence-corrected chi connectivity index (χ2v) is 7.54. The zero-order valence-corrected chi connectivity index (χ0v) is 13.9. The maximum atomic E-state index is 13.2. The molecule has 1 heterocycles. The largest absolute Gasteiger partial charge is 0.339 e. The van der Waals surface area contributed by atoms with Crippen molar-refractivity contribution in [1.29, 1.82) is 0 Å². The van der Waals surface area contributed by atoms with E-state index in [4.69, 9.17) is 0 Å². The van der Waals surface area contributed by atoms with Gasteiger partial charge in [-0.1, -0.05) is 0 Å². The van der Waals surface area contributed by atoms with Gasteiger partial charge in [0.05, 0.1) is 10.9 Å². The molecule has 0 aliphatic carbocycles. The van der Waals surface area contributed by atoms with Crippen LogP contribution in [0.2, 0.25) is 0 Å². The van der Waals surface area contributed by atoms with Crippen LogP contribution in [0.3, 0.4) is 0 Å². The Morgan fingerprint density at radius 2 is 1.87 bits per heavy atom. The van der Waals surface area contributed by atoms with Crippen LogP contribution in [0.5, 0.6) is 0 Å². The Kier molecular flexibility index (Phi) is 5.36. The molecule has 0 radical (unpaired) electrons. The van der Waals surface area contributed by atoms with E-state index in [0.29, 0.717) is 24.7 Å². The molecule has 2 atom stereocenters. The van der Waals surface area contributed by atoms with Gasteiger partial charge < -0.3 is 4.90 Å². The summed E-state index contributed by atoms with van der Waals surface area (Å²) in [5, 5.41) is 0. The van der Waals surface area contributed by atoms with E-state index in [-0.39, 0.29) is 11.9 Å².